The first-order valence-electron chi connectivity index (χ1n) is 6.45. The van der Waals surface area contributed by atoms with Crippen molar-refractivity contribution in [1.82, 2.24) is 0 Å². The molecule has 0 aliphatic carbocycles. The van der Waals surface area contributed by atoms with Gasteiger partial charge in [0.05, 0.1) is 0 Å². The minimum absolute atomic E-state index is 0.0147. The van der Waals surface area contributed by atoms with Gasteiger partial charge in [-0.25, -0.2) is 12.8 Å². The standard InChI is InChI=1S/C14H19ClFNO3S/c1-9(14(2,3)4)7-13(18)17-10-5-6-12(11(16)8-10)21(15,19)20/h5-6,8-9H,7H2,1-4H3,(H,17,18). The van der Waals surface area contributed by atoms with Crippen LogP contribution in [0.25, 0.3) is 0 Å². The molecule has 1 atom stereocenters. The van der Waals surface area contributed by atoms with Gasteiger partial charge in [0, 0.05) is 22.8 Å². The lowest BCUT2D eigenvalue weighted by Crippen LogP contribution is -2.24. The molecule has 1 unspecified atom stereocenters. The van der Waals surface area contributed by atoms with Crippen LogP contribution in [0.4, 0.5) is 10.1 Å². The first-order chi connectivity index (χ1) is 9.41. The molecule has 4 nitrogen and oxygen atoms in total. The van der Waals surface area contributed by atoms with Crippen LogP contribution < -0.4 is 5.32 Å². The normalized spacial score (nSPS) is 13.8. The van der Waals surface area contributed by atoms with Crippen LogP contribution in [-0.2, 0) is 13.8 Å². The Kier molecular flexibility index (Phi) is 5.39. The number of hydrogen-bond acceptors (Lipinski definition) is 3. The Morgan fingerprint density at radius 3 is 2.38 bits per heavy atom. The number of rotatable bonds is 4. The zero-order valence-electron chi connectivity index (χ0n) is 12.4. The highest BCUT2D eigenvalue weighted by Gasteiger charge is 2.23. The maximum absolute atomic E-state index is 13.6. The molecule has 1 aromatic rings. The van der Waals surface area contributed by atoms with Crippen molar-refractivity contribution in [3.63, 3.8) is 0 Å². The van der Waals surface area contributed by atoms with E-state index in [0.717, 1.165) is 12.1 Å². The summed E-state index contributed by atoms with van der Waals surface area (Å²) in [6.45, 7) is 8.06. The van der Waals surface area contributed by atoms with Crippen LogP contribution in [-0.4, -0.2) is 14.3 Å². The van der Waals surface area contributed by atoms with E-state index in [1.807, 2.05) is 27.7 Å². The van der Waals surface area contributed by atoms with Gasteiger partial charge < -0.3 is 5.32 Å². The van der Waals surface area contributed by atoms with E-state index in [0.29, 0.717) is 6.42 Å². The van der Waals surface area contributed by atoms with Crippen LogP contribution in [0, 0.1) is 17.2 Å². The number of anilines is 1. The van der Waals surface area contributed by atoms with Gasteiger partial charge in [0.1, 0.15) is 10.7 Å². The number of carbonyl (C=O) groups is 1. The number of nitrogens with one attached hydrogen (secondary N) is 1. The molecule has 1 N–H and O–H groups in total. The molecule has 0 spiro atoms. The summed E-state index contributed by atoms with van der Waals surface area (Å²) in [6, 6.07) is 3.27. The van der Waals surface area contributed by atoms with Crippen LogP contribution in [0.1, 0.15) is 34.1 Å². The fraction of sp³-hybridized carbons (Fsp3) is 0.500. The Labute approximate surface area is 129 Å². The quantitative estimate of drug-likeness (QED) is 0.852. The van der Waals surface area contributed by atoms with E-state index in [-0.39, 0.29) is 22.9 Å². The van der Waals surface area contributed by atoms with Crippen molar-refractivity contribution in [1.29, 1.82) is 0 Å². The number of halogens is 2. The molecule has 21 heavy (non-hydrogen) atoms. The molecule has 1 aromatic carbocycles. The third-order valence-electron chi connectivity index (χ3n) is 3.45. The lowest BCUT2D eigenvalue weighted by molar-refractivity contribution is -0.117. The molecule has 0 fully saturated rings. The largest absolute Gasteiger partial charge is 0.326 e. The number of hydrogen-bond donors (Lipinski definition) is 1. The van der Waals surface area contributed by atoms with Gasteiger partial charge in [-0.1, -0.05) is 27.7 Å². The average Bonchev–Trinajstić information content (AvgIpc) is 2.25. The number of amides is 1. The molecule has 0 aliphatic heterocycles. The van der Waals surface area contributed by atoms with E-state index in [1.165, 1.54) is 6.07 Å². The zero-order valence-corrected chi connectivity index (χ0v) is 14.0. The molecule has 118 valence electrons. The van der Waals surface area contributed by atoms with Gasteiger partial charge >= 0.3 is 0 Å². The summed E-state index contributed by atoms with van der Waals surface area (Å²) in [7, 11) is 0.953. The third kappa shape index (κ3) is 5.28. The molecule has 0 saturated heterocycles. The molecule has 0 saturated carbocycles. The summed E-state index contributed by atoms with van der Waals surface area (Å²) in [4.78, 5) is 11.3. The van der Waals surface area contributed by atoms with Crippen molar-refractivity contribution in [2.45, 2.75) is 39.0 Å². The van der Waals surface area contributed by atoms with Gasteiger partial charge in [-0.3, -0.25) is 4.79 Å². The summed E-state index contributed by atoms with van der Waals surface area (Å²) < 4.78 is 35.8. The van der Waals surface area contributed by atoms with Crippen molar-refractivity contribution >= 4 is 31.3 Å². The Morgan fingerprint density at radius 2 is 1.95 bits per heavy atom. The fourth-order valence-electron chi connectivity index (χ4n) is 1.57. The Hall–Kier alpha value is -1.14. The lowest BCUT2D eigenvalue weighted by Gasteiger charge is -2.26. The Bertz CT molecular complexity index is 638. The molecular formula is C14H19ClFNO3S. The molecule has 1 amide bonds. The third-order valence-corrected chi connectivity index (χ3v) is 4.80. The van der Waals surface area contributed by atoms with Crippen molar-refractivity contribution in [3.8, 4) is 0 Å². The van der Waals surface area contributed by atoms with E-state index < -0.39 is 19.8 Å². The molecule has 0 aliphatic rings. The summed E-state index contributed by atoms with van der Waals surface area (Å²) >= 11 is 0. The summed E-state index contributed by atoms with van der Waals surface area (Å²) in [5.74, 6) is -1.10. The molecule has 0 heterocycles. The molecular weight excluding hydrogens is 317 g/mol. The van der Waals surface area contributed by atoms with E-state index in [9.17, 15) is 17.6 Å². The second kappa shape index (κ2) is 6.32. The number of benzene rings is 1. The SMILES string of the molecule is CC(CC(=O)Nc1ccc(S(=O)(=O)Cl)c(F)c1)C(C)(C)C. The van der Waals surface area contributed by atoms with E-state index in [4.69, 9.17) is 10.7 Å². The van der Waals surface area contributed by atoms with E-state index in [1.54, 1.807) is 0 Å². The summed E-state index contributed by atoms with van der Waals surface area (Å²) in [6.07, 6.45) is 0.292. The average molecular weight is 336 g/mol. The highest BCUT2D eigenvalue weighted by atomic mass is 35.7. The van der Waals surface area contributed by atoms with Gasteiger partial charge in [0.25, 0.3) is 9.05 Å². The number of carbonyl (C=O) groups excluding carboxylic acids is 1. The maximum Gasteiger partial charge on any atom is 0.264 e. The van der Waals surface area contributed by atoms with Crippen molar-refractivity contribution in [2.24, 2.45) is 11.3 Å². The Morgan fingerprint density at radius 1 is 1.38 bits per heavy atom. The predicted molar refractivity (Wildman–Crippen MR) is 81.3 cm³/mol. The van der Waals surface area contributed by atoms with E-state index >= 15 is 0 Å². The smallest absolute Gasteiger partial charge is 0.264 e. The van der Waals surface area contributed by atoms with Gasteiger partial charge in [-0.15, -0.1) is 0 Å². The van der Waals surface area contributed by atoms with Crippen LogP contribution >= 0.6 is 10.7 Å². The summed E-state index contributed by atoms with van der Waals surface area (Å²) in [5, 5.41) is 2.55. The van der Waals surface area contributed by atoms with Crippen molar-refractivity contribution in [2.75, 3.05) is 5.32 Å². The molecule has 0 bridgehead atoms. The van der Waals surface area contributed by atoms with Gasteiger partial charge in [-0.2, -0.15) is 0 Å². The monoisotopic (exact) mass is 335 g/mol. The first kappa shape index (κ1) is 17.9. The van der Waals surface area contributed by atoms with Crippen molar-refractivity contribution in [3.05, 3.63) is 24.0 Å². The Balaban J connectivity index is 2.81. The predicted octanol–water partition coefficient (Wildman–Crippen LogP) is 3.76. The van der Waals surface area contributed by atoms with Crippen LogP contribution in [0.2, 0.25) is 0 Å². The fourth-order valence-corrected chi connectivity index (χ4v) is 2.47. The maximum atomic E-state index is 13.6. The molecule has 7 heteroatoms. The van der Waals surface area contributed by atoms with E-state index in [2.05, 4.69) is 5.32 Å². The zero-order chi connectivity index (χ0) is 16.4. The highest BCUT2D eigenvalue weighted by Crippen LogP contribution is 2.28. The van der Waals surface area contributed by atoms with Gasteiger partial charge in [0.2, 0.25) is 5.91 Å². The molecule has 1 rings (SSSR count). The second-order valence-corrected chi connectivity index (χ2v) is 8.64. The van der Waals surface area contributed by atoms with Gasteiger partial charge in [0.15, 0.2) is 0 Å². The minimum Gasteiger partial charge on any atom is -0.326 e. The van der Waals surface area contributed by atoms with Gasteiger partial charge in [-0.05, 0) is 29.5 Å². The van der Waals surface area contributed by atoms with Crippen LogP contribution in [0.5, 0.6) is 0 Å². The molecule has 0 radical (unpaired) electrons. The minimum atomic E-state index is -4.13. The van der Waals surface area contributed by atoms with Crippen LogP contribution in [0.3, 0.4) is 0 Å². The molecule has 0 aromatic heterocycles. The summed E-state index contributed by atoms with van der Waals surface area (Å²) in [5.41, 5.74) is 0.182. The van der Waals surface area contributed by atoms with Crippen molar-refractivity contribution < 1.29 is 17.6 Å². The first-order valence-corrected chi connectivity index (χ1v) is 8.76. The highest BCUT2D eigenvalue weighted by molar-refractivity contribution is 8.13. The van der Waals surface area contributed by atoms with Crippen LogP contribution in [0.15, 0.2) is 23.1 Å². The second-order valence-electron chi connectivity index (χ2n) is 6.10. The lowest BCUT2D eigenvalue weighted by atomic mass is 9.80. The topological polar surface area (TPSA) is 63.2 Å².